The number of carbonyl (C=O) groups excluding carboxylic acids is 2. The van der Waals surface area contributed by atoms with Crippen LogP contribution in [0.5, 0.6) is 0 Å². The van der Waals surface area contributed by atoms with Crippen LogP contribution >= 0.6 is 0 Å². The molecular weight excluding hydrogens is 779 g/mol. The van der Waals surface area contributed by atoms with E-state index < -0.39 is 27.9 Å². The molecule has 7 aliphatic carbocycles. The molecule has 1 amide bonds. The van der Waals surface area contributed by atoms with Crippen molar-refractivity contribution in [3.63, 3.8) is 0 Å². The van der Waals surface area contributed by atoms with Crippen LogP contribution in [-0.2, 0) is 11.3 Å². The highest BCUT2D eigenvalue weighted by Crippen LogP contribution is 2.78. The van der Waals surface area contributed by atoms with Crippen molar-refractivity contribution < 1.29 is 24.5 Å². The fraction of sp³-hybridized carbons (Fsp3) is 0.509. The minimum atomic E-state index is -1.23. The average Bonchev–Trinajstić information content (AvgIpc) is 3.55. The standard InChI is InChI=1S/C57H67NO5/c1-37(2)45-23-18-38(3)32-48(45)63-52(61)58(35-43-16-11-15-41-14-9-10-17-46(41)43)36-56(62)29-26-50-54(56,5)28-25-49-53(4)27-24-44(59)33-55(53)30-31-57(49,50)47(34-55)51(60)42-21-19-40(20-22-42)39-12-7-6-8-13-39/h6-17,19-22,30-31,34,37-38,44-45,48-50,59,62H,18,23-29,32-33,35-36H2,1-5H3/t38-,44?,45+,48-,49+,50+,53+,54-,55-,56+,57+/m0/s1. The van der Waals surface area contributed by atoms with E-state index in [4.69, 9.17) is 4.74 Å². The molecule has 4 aromatic carbocycles. The molecule has 6 heteroatoms. The molecule has 11 atom stereocenters. The average molecular weight is 846 g/mol. The Morgan fingerprint density at radius 1 is 0.778 bits per heavy atom. The second-order valence-electron chi connectivity index (χ2n) is 21.8. The highest BCUT2D eigenvalue weighted by atomic mass is 16.6. The molecule has 1 unspecified atom stereocenters. The highest BCUT2D eigenvalue weighted by molar-refractivity contribution is 6.10. The van der Waals surface area contributed by atoms with Crippen molar-refractivity contribution in [3.8, 4) is 11.1 Å². The Morgan fingerprint density at radius 3 is 2.24 bits per heavy atom. The Hall–Kier alpha value is -4.52. The van der Waals surface area contributed by atoms with Crippen molar-refractivity contribution in [2.24, 2.45) is 51.2 Å². The van der Waals surface area contributed by atoms with Gasteiger partial charge in [-0.1, -0.05) is 156 Å². The molecule has 6 nitrogen and oxygen atoms in total. The van der Waals surface area contributed by atoms with Crippen LogP contribution in [-0.4, -0.2) is 51.3 Å². The van der Waals surface area contributed by atoms with E-state index in [0.29, 0.717) is 42.7 Å². The Kier molecular flexibility index (Phi) is 10.5. The first kappa shape index (κ1) is 42.4. The largest absolute Gasteiger partial charge is 0.446 e. The summed E-state index contributed by atoms with van der Waals surface area (Å²) < 4.78 is 6.64. The second kappa shape index (κ2) is 15.6. The Bertz CT molecular complexity index is 2450. The van der Waals surface area contributed by atoms with Crippen molar-refractivity contribution >= 4 is 22.6 Å². The smallest absolute Gasteiger partial charge is 0.410 e. The van der Waals surface area contributed by atoms with Gasteiger partial charge in [-0.3, -0.25) is 4.79 Å². The lowest BCUT2D eigenvalue weighted by atomic mass is 9.32. The fourth-order valence-corrected chi connectivity index (χ4v) is 14.8. The van der Waals surface area contributed by atoms with Crippen LogP contribution < -0.4 is 0 Å². The van der Waals surface area contributed by atoms with Crippen molar-refractivity contribution in [1.29, 1.82) is 0 Å². The second-order valence-corrected chi connectivity index (χ2v) is 21.8. The Balaban J connectivity index is 1.03. The number of ether oxygens (including phenoxy) is 1. The summed E-state index contributed by atoms with van der Waals surface area (Å²) in [4.78, 5) is 32.1. The van der Waals surface area contributed by atoms with Gasteiger partial charge in [-0.15, -0.1) is 0 Å². The van der Waals surface area contributed by atoms with Crippen molar-refractivity contribution in [2.75, 3.05) is 6.54 Å². The van der Waals surface area contributed by atoms with Gasteiger partial charge in [0.2, 0.25) is 0 Å². The van der Waals surface area contributed by atoms with E-state index in [1.165, 1.54) is 0 Å². The molecule has 63 heavy (non-hydrogen) atoms. The van der Waals surface area contributed by atoms with Crippen molar-refractivity contribution in [1.82, 2.24) is 4.90 Å². The van der Waals surface area contributed by atoms with E-state index >= 15 is 4.79 Å². The van der Waals surface area contributed by atoms with Gasteiger partial charge in [0.1, 0.15) is 6.10 Å². The number of ketones is 1. The van der Waals surface area contributed by atoms with E-state index in [2.05, 4.69) is 107 Å². The van der Waals surface area contributed by atoms with E-state index in [-0.39, 0.29) is 41.8 Å². The summed E-state index contributed by atoms with van der Waals surface area (Å²) >= 11 is 0. The number of hydrogen-bond donors (Lipinski definition) is 2. The van der Waals surface area contributed by atoms with Crippen LogP contribution in [0.2, 0.25) is 0 Å². The molecule has 4 aromatic rings. The highest BCUT2D eigenvalue weighted by Gasteiger charge is 2.74. The Morgan fingerprint density at radius 2 is 1.46 bits per heavy atom. The van der Waals surface area contributed by atoms with E-state index in [9.17, 15) is 15.0 Å². The first-order valence-corrected chi connectivity index (χ1v) is 24.2. The molecule has 4 fully saturated rings. The van der Waals surface area contributed by atoms with Gasteiger partial charge in [-0.2, -0.15) is 0 Å². The minimum absolute atomic E-state index is 0.0364. The molecule has 7 aliphatic rings. The van der Waals surface area contributed by atoms with Gasteiger partial charge in [0, 0.05) is 33.9 Å². The number of hydrogen-bond acceptors (Lipinski definition) is 5. The lowest BCUT2D eigenvalue weighted by Crippen LogP contribution is -2.67. The zero-order valence-corrected chi connectivity index (χ0v) is 38.1. The number of carbonyl (C=O) groups is 2. The van der Waals surface area contributed by atoms with Gasteiger partial charge in [-0.05, 0) is 120 Å². The summed E-state index contributed by atoms with van der Waals surface area (Å²) in [6.07, 6.45) is 14.3. The minimum Gasteiger partial charge on any atom is -0.446 e. The molecule has 0 aliphatic heterocycles. The number of allylic oxidation sites excluding steroid dienone is 4. The lowest BCUT2D eigenvalue weighted by Gasteiger charge is -2.71. The predicted molar refractivity (Wildman–Crippen MR) is 251 cm³/mol. The van der Waals surface area contributed by atoms with E-state index in [1.54, 1.807) is 0 Å². The SMILES string of the molecule is CC(C)[C@H]1CC[C@H](C)C[C@@H]1OC(=O)N(Cc1cccc2ccccc12)C[C@]1(O)CC[C@H]2[C@]34C=C[C@@]5(C=C3C(=O)c3ccc(-c6ccccc6)cc3)CC(O)CC[C@]5(C)[C@H]4CC[C@@]21C. The van der Waals surface area contributed by atoms with Gasteiger partial charge in [0.15, 0.2) is 5.78 Å². The maximum atomic E-state index is 15.4. The number of nitrogens with zero attached hydrogens (tertiary/aromatic N) is 1. The molecule has 4 saturated carbocycles. The molecule has 2 N–H and O–H groups in total. The van der Waals surface area contributed by atoms with Crippen LogP contribution in [0.3, 0.4) is 0 Å². The number of fused-ring (bicyclic) bond motifs is 2. The molecule has 0 radical (unpaired) electrons. The number of benzene rings is 4. The Labute approximate surface area is 374 Å². The van der Waals surface area contributed by atoms with Gasteiger partial charge in [0.25, 0.3) is 0 Å². The zero-order valence-electron chi connectivity index (χ0n) is 38.1. The van der Waals surface area contributed by atoms with Crippen LogP contribution in [0.1, 0.15) is 115 Å². The quantitative estimate of drug-likeness (QED) is 0.129. The summed E-state index contributed by atoms with van der Waals surface area (Å²) in [6, 6.07) is 33.0. The van der Waals surface area contributed by atoms with Crippen LogP contribution in [0, 0.1) is 51.2 Å². The summed E-state index contributed by atoms with van der Waals surface area (Å²) in [5, 5.41) is 27.0. The van der Waals surface area contributed by atoms with Crippen LogP contribution in [0.15, 0.2) is 121 Å². The third-order valence-corrected chi connectivity index (χ3v) is 18.4. The number of Topliss-reactive ketones (excluding diaryl/α,β-unsaturated/α-hetero) is 1. The number of aliphatic hydroxyl groups is 2. The van der Waals surface area contributed by atoms with E-state index in [1.807, 2.05) is 47.4 Å². The first-order chi connectivity index (χ1) is 30.2. The normalized spacial score (nSPS) is 36.6. The number of aliphatic hydroxyl groups excluding tert-OH is 1. The third kappa shape index (κ3) is 6.62. The number of rotatable bonds is 9. The summed E-state index contributed by atoms with van der Waals surface area (Å²) in [7, 11) is 0. The van der Waals surface area contributed by atoms with Crippen molar-refractivity contribution in [3.05, 3.63) is 132 Å². The maximum Gasteiger partial charge on any atom is 0.410 e. The molecule has 11 rings (SSSR count). The summed E-state index contributed by atoms with van der Waals surface area (Å²) in [5.74, 6) is 1.36. The molecule has 0 saturated heterocycles. The molecule has 2 spiro atoms. The molecule has 2 bridgehead atoms. The molecule has 330 valence electrons. The van der Waals surface area contributed by atoms with Gasteiger partial charge < -0.3 is 19.8 Å². The van der Waals surface area contributed by atoms with Crippen LogP contribution in [0.25, 0.3) is 21.9 Å². The summed E-state index contributed by atoms with van der Waals surface area (Å²) in [5.41, 5.74) is 1.73. The van der Waals surface area contributed by atoms with Gasteiger partial charge in [-0.25, -0.2) is 4.79 Å². The zero-order chi connectivity index (χ0) is 43.9. The molecule has 0 heterocycles. The third-order valence-electron chi connectivity index (χ3n) is 18.4. The topological polar surface area (TPSA) is 87.1 Å². The maximum absolute atomic E-state index is 15.4. The first-order valence-electron chi connectivity index (χ1n) is 24.2. The fourth-order valence-electron chi connectivity index (χ4n) is 14.8. The van der Waals surface area contributed by atoms with Crippen LogP contribution in [0.4, 0.5) is 4.79 Å². The summed E-state index contributed by atoms with van der Waals surface area (Å²) in [6.45, 7) is 11.9. The molecular formula is C57H67NO5. The lowest BCUT2D eigenvalue weighted by molar-refractivity contribution is -0.175. The van der Waals surface area contributed by atoms with Gasteiger partial charge in [0.05, 0.1) is 18.2 Å². The number of amides is 1. The van der Waals surface area contributed by atoms with Gasteiger partial charge >= 0.3 is 6.09 Å². The predicted octanol–water partition coefficient (Wildman–Crippen LogP) is 12.4. The van der Waals surface area contributed by atoms with Crippen molar-refractivity contribution in [2.45, 2.75) is 123 Å². The molecule has 0 aromatic heterocycles. The van der Waals surface area contributed by atoms with E-state index in [0.717, 1.165) is 84.4 Å². The monoisotopic (exact) mass is 846 g/mol.